The van der Waals surface area contributed by atoms with Gasteiger partial charge in [-0.05, 0) is 44.3 Å². The smallest absolute Gasteiger partial charge is 0.151 e. The summed E-state index contributed by atoms with van der Waals surface area (Å²) in [6.45, 7) is 7.08. The Labute approximate surface area is 117 Å². The molecule has 4 nitrogen and oxygen atoms in total. The van der Waals surface area contributed by atoms with Gasteiger partial charge in [0.1, 0.15) is 0 Å². The summed E-state index contributed by atoms with van der Waals surface area (Å²) in [5, 5.41) is 3.43. The summed E-state index contributed by atoms with van der Waals surface area (Å²) in [6, 6.07) is 0. The zero-order chi connectivity index (χ0) is 12.3. The van der Waals surface area contributed by atoms with Crippen molar-refractivity contribution in [2.45, 2.75) is 19.8 Å². The molecule has 0 aliphatic carbocycles. The molecule has 0 spiro atoms. The van der Waals surface area contributed by atoms with Gasteiger partial charge in [-0.1, -0.05) is 6.92 Å². The summed E-state index contributed by atoms with van der Waals surface area (Å²) in [4.78, 5) is 2.33. The third-order valence-electron chi connectivity index (χ3n) is 4.02. The van der Waals surface area contributed by atoms with Crippen molar-refractivity contribution in [1.82, 2.24) is 10.2 Å². The molecular formula is C12H25ClN2O2S. The maximum atomic E-state index is 11.7. The SMILES string of the molecule is CCCS(=O)(=O)CCN1CCC2CNCC2C1.Cl. The molecular weight excluding hydrogens is 272 g/mol. The Balaban J connectivity index is 0.00000162. The van der Waals surface area contributed by atoms with E-state index >= 15 is 0 Å². The monoisotopic (exact) mass is 296 g/mol. The van der Waals surface area contributed by atoms with Crippen LogP contribution in [0, 0.1) is 11.8 Å². The van der Waals surface area contributed by atoms with Crippen LogP contribution in [0.25, 0.3) is 0 Å². The van der Waals surface area contributed by atoms with Crippen LogP contribution in [-0.2, 0) is 9.84 Å². The molecule has 2 aliphatic heterocycles. The Morgan fingerprint density at radius 3 is 2.67 bits per heavy atom. The fourth-order valence-electron chi connectivity index (χ4n) is 2.99. The van der Waals surface area contributed by atoms with Gasteiger partial charge in [0.2, 0.25) is 0 Å². The minimum Gasteiger partial charge on any atom is -0.316 e. The van der Waals surface area contributed by atoms with Crippen LogP contribution in [0.4, 0.5) is 0 Å². The molecule has 2 fully saturated rings. The largest absolute Gasteiger partial charge is 0.316 e. The Bertz CT molecular complexity index is 348. The minimum atomic E-state index is -2.81. The van der Waals surface area contributed by atoms with Crippen LogP contribution in [0.1, 0.15) is 19.8 Å². The molecule has 1 N–H and O–H groups in total. The van der Waals surface area contributed by atoms with E-state index in [1.807, 2.05) is 6.92 Å². The van der Waals surface area contributed by atoms with E-state index in [1.165, 1.54) is 6.42 Å². The van der Waals surface area contributed by atoms with Crippen LogP contribution in [0.2, 0.25) is 0 Å². The molecule has 0 saturated carbocycles. The first-order valence-corrected chi connectivity index (χ1v) is 8.56. The molecule has 6 heteroatoms. The first kappa shape index (κ1) is 16.2. The molecule has 0 amide bonds. The highest BCUT2D eigenvalue weighted by Gasteiger charge is 2.32. The van der Waals surface area contributed by atoms with Crippen LogP contribution in [-0.4, -0.2) is 57.5 Å². The predicted octanol–water partition coefficient (Wildman–Crippen LogP) is 0.774. The molecule has 0 radical (unpaired) electrons. The van der Waals surface area contributed by atoms with Crippen molar-refractivity contribution in [3.8, 4) is 0 Å². The zero-order valence-corrected chi connectivity index (χ0v) is 12.7. The highest BCUT2D eigenvalue weighted by Crippen LogP contribution is 2.26. The fraction of sp³-hybridized carbons (Fsp3) is 1.00. The molecule has 18 heavy (non-hydrogen) atoms. The van der Waals surface area contributed by atoms with E-state index in [2.05, 4.69) is 10.2 Å². The first-order chi connectivity index (χ1) is 8.11. The number of hydrogen-bond acceptors (Lipinski definition) is 4. The van der Waals surface area contributed by atoms with Gasteiger partial charge in [0.05, 0.1) is 5.75 Å². The average Bonchev–Trinajstić information content (AvgIpc) is 2.73. The topological polar surface area (TPSA) is 49.4 Å². The van der Waals surface area contributed by atoms with Crippen molar-refractivity contribution in [3.05, 3.63) is 0 Å². The van der Waals surface area contributed by atoms with Gasteiger partial charge in [-0.2, -0.15) is 0 Å². The van der Waals surface area contributed by atoms with E-state index in [0.29, 0.717) is 11.5 Å². The second-order valence-corrected chi connectivity index (χ2v) is 7.72. The summed E-state index contributed by atoms with van der Waals surface area (Å²) < 4.78 is 23.3. The number of nitrogens with one attached hydrogen (secondary N) is 1. The van der Waals surface area contributed by atoms with E-state index < -0.39 is 9.84 Å². The van der Waals surface area contributed by atoms with E-state index in [1.54, 1.807) is 0 Å². The zero-order valence-electron chi connectivity index (χ0n) is 11.1. The third kappa shape index (κ3) is 4.37. The number of halogens is 1. The van der Waals surface area contributed by atoms with Gasteiger partial charge in [-0.25, -0.2) is 8.42 Å². The summed E-state index contributed by atoms with van der Waals surface area (Å²) in [5.41, 5.74) is 0. The molecule has 0 bridgehead atoms. The lowest BCUT2D eigenvalue weighted by Gasteiger charge is -2.34. The Hall–Kier alpha value is 0.160. The Morgan fingerprint density at radius 1 is 1.22 bits per heavy atom. The molecule has 2 atom stereocenters. The lowest BCUT2D eigenvalue weighted by Crippen LogP contribution is -2.42. The molecule has 0 aromatic heterocycles. The van der Waals surface area contributed by atoms with Crippen LogP contribution >= 0.6 is 12.4 Å². The first-order valence-electron chi connectivity index (χ1n) is 6.74. The number of likely N-dealkylation sites (tertiary alicyclic amines) is 1. The van der Waals surface area contributed by atoms with Crippen molar-refractivity contribution in [1.29, 1.82) is 0 Å². The third-order valence-corrected chi connectivity index (χ3v) is 5.86. The van der Waals surface area contributed by atoms with Crippen LogP contribution in [0.15, 0.2) is 0 Å². The maximum absolute atomic E-state index is 11.7. The quantitative estimate of drug-likeness (QED) is 0.814. The Kier molecular flexibility index (Phi) is 6.38. The number of fused-ring (bicyclic) bond motifs is 1. The van der Waals surface area contributed by atoms with E-state index in [-0.39, 0.29) is 12.4 Å². The van der Waals surface area contributed by atoms with Crippen molar-refractivity contribution in [2.75, 3.05) is 44.2 Å². The molecule has 0 aromatic rings. The summed E-state index contributed by atoms with van der Waals surface area (Å²) in [7, 11) is -2.81. The lowest BCUT2D eigenvalue weighted by molar-refractivity contribution is 0.156. The highest BCUT2D eigenvalue weighted by molar-refractivity contribution is 7.91. The van der Waals surface area contributed by atoms with Gasteiger partial charge >= 0.3 is 0 Å². The van der Waals surface area contributed by atoms with Gasteiger partial charge in [0.25, 0.3) is 0 Å². The Morgan fingerprint density at radius 2 is 1.94 bits per heavy atom. The molecule has 2 aliphatic rings. The van der Waals surface area contributed by atoms with Gasteiger partial charge in [-0.15, -0.1) is 12.4 Å². The lowest BCUT2D eigenvalue weighted by atomic mass is 9.89. The predicted molar refractivity (Wildman–Crippen MR) is 77.1 cm³/mol. The molecule has 2 saturated heterocycles. The van der Waals surface area contributed by atoms with E-state index in [4.69, 9.17) is 0 Å². The highest BCUT2D eigenvalue weighted by atomic mass is 35.5. The number of sulfone groups is 1. The molecule has 108 valence electrons. The van der Waals surface area contributed by atoms with Gasteiger partial charge in [-0.3, -0.25) is 0 Å². The number of piperidine rings is 1. The summed E-state index contributed by atoms with van der Waals surface area (Å²) in [5.74, 6) is 2.26. The molecule has 2 unspecified atom stereocenters. The summed E-state index contributed by atoms with van der Waals surface area (Å²) >= 11 is 0. The van der Waals surface area contributed by atoms with Crippen molar-refractivity contribution < 1.29 is 8.42 Å². The van der Waals surface area contributed by atoms with E-state index in [0.717, 1.165) is 51.0 Å². The van der Waals surface area contributed by atoms with Crippen molar-refractivity contribution in [3.63, 3.8) is 0 Å². The van der Waals surface area contributed by atoms with Gasteiger partial charge in [0, 0.05) is 18.8 Å². The second-order valence-electron chi connectivity index (χ2n) is 5.42. The van der Waals surface area contributed by atoms with Gasteiger partial charge in [0.15, 0.2) is 9.84 Å². The molecule has 0 aromatic carbocycles. The van der Waals surface area contributed by atoms with Crippen LogP contribution < -0.4 is 5.32 Å². The minimum absolute atomic E-state index is 0. The fourth-order valence-corrected chi connectivity index (χ4v) is 4.36. The van der Waals surface area contributed by atoms with Crippen LogP contribution in [0.3, 0.4) is 0 Å². The van der Waals surface area contributed by atoms with Crippen LogP contribution in [0.5, 0.6) is 0 Å². The number of rotatable bonds is 5. The second kappa shape index (κ2) is 7.08. The average molecular weight is 297 g/mol. The normalized spacial score (nSPS) is 28.7. The maximum Gasteiger partial charge on any atom is 0.151 e. The molecule has 2 heterocycles. The van der Waals surface area contributed by atoms with Crippen molar-refractivity contribution in [2.24, 2.45) is 11.8 Å². The van der Waals surface area contributed by atoms with E-state index in [9.17, 15) is 8.42 Å². The van der Waals surface area contributed by atoms with Gasteiger partial charge < -0.3 is 10.2 Å². The number of nitrogens with zero attached hydrogens (tertiary/aromatic N) is 1. The van der Waals surface area contributed by atoms with Crippen molar-refractivity contribution >= 4 is 22.2 Å². The standard InChI is InChI=1S/C12H24N2O2S.ClH/c1-2-6-17(15,16)7-5-14-4-3-11-8-13-9-12(11)10-14;/h11-13H,2-10H2,1H3;1H. The summed E-state index contributed by atoms with van der Waals surface area (Å²) in [6.07, 6.45) is 1.96. The number of hydrogen-bond donors (Lipinski definition) is 1. The molecule has 2 rings (SSSR count).